The Bertz CT molecular complexity index is 1180. The number of fused-ring (bicyclic) bond motifs is 1. The first-order valence-corrected chi connectivity index (χ1v) is 14.9. The quantitative estimate of drug-likeness (QED) is 0.505. The largest absolute Gasteiger partial charge is 0.444 e. The Balaban J connectivity index is 1.08. The van der Waals surface area contributed by atoms with Crippen LogP contribution < -0.4 is 15.5 Å². The number of carbonyl (C=O) groups is 4. The molecule has 41 heavy (non-hydrogen) atoms. The third kappa shape index (κ3) is 6.99. The second-order valence-electron chi connectivity index (χ2n) is 12.9. The highest BCUT2D eigenvalue weighted by Crippen LogP contribution is 2.34. The number of piperidine rings is 1. The Morgan fingerprint density at radius 3 is 2.37 bits per heavy atom. The van der Waals surface area contributed by atoms with E-state index < -0.39 is 23.4 Å². The van der Waals surface area contributed by atoms with Crippen molar-refractivity contribution < 1.29 is 28.3 Å². The number of carbonyl (C=O) groups excluding carboxylic acids is 4. The first-order valence-electron chi connectivity index (χ1n) is 14.9. The molecule has 1 aliphatic carbocycles. The van der Waals surface area contributed by atoms with Crippen LogP contribution >= 0.6 is 0 Å². The fourth-order valence-electron chi connectivity index (χ4n) is 6.52. The molecule has 1 saturated carbocycles. The van der Waals surface area contributed by atoms with Crippen LogP contribution in [-0.4, -0.2) is 84.5 Å². The van der Waals surface area contributed by atoms with Crippen molar-refractivity contribution in [2.45, 2.75) is 77.5 Å². The molecule has 1 aromatic rings. The van der Waals surface area contributed by atoms with E-state index in [1.165, 1.54) is 11.0 Å². The van der Waals surface area contributed by atoms with E-state index in [-0.39, 0.29) is 37.3 Å². The number of imide groups is 1. The molecule has 2 N–H and O–H groups in total. The molecule has 4 amide bonds. The van der Waals surface area contributed by atoms with Gasteiger partial charge in [-0.25, -0.2) is 9.18 Å². The van der Waals surface area contributed by atoms with Gasteiger partial charge in [-0.1, -0.05) is 0 Å². The van der Waals surface area contributed by atoms with Gasteiger partial charge in [0.25, 0.3) is 5.91 Å². The molecule has 3 aliphatic heterocycles. The number of ether oxygens (including phenoxy) is 1. The molecule has 3 heterocycles. The normalized spacial score (nSPS) is 25.7. The summed E-state index contributed by atoms with van der Waals surface area (Å²) in [7, 11) is 0. The number of rotatable bonds is 6. The summed E-state index contributed by atoms with van der Waals surface area (Å²) in [5.41, 5.74) is 1.03. The summed E-state index contributed by atoms with van der Waals surface area (Å²) >= 11 is 0. The van der Waals surface area contributed by atoms with E-state index in [2.05, 4.69) is 15.5 Å². The van der Waals surface area contributed by atoms with Crippen LogP contribution in [-0.2, 0) is 20.9 Å². The van der Waals surface area contributed by atoms with Gasteiger partial charge in [-0.15, -0.1) is 0 Å². The van der Waals surface area contributed by atoms with Gasteiger partial charge in [0.05, 0.1) is 5.69 Å². The second-order valence-corrected chi connectivity index (χ2v) is 12.9. The molecule has 3 fully saturated rings. The van der Waals surface area contributed by atoms with Gasteiger partial charge in [-0.3, -0.25) is 24.6 Å². The maximum Gasteiger partial charge on any atom is 0.407 e. The molecule has 0 spiro atoms. The molecular formula is C30H42FN5O5. The van der Waals surface area contributed by atoms with Crippen molar-refractivity contribution in [1.82, 2.24) is 20.4 Å². The zero-order chi connectivity index (χ0) is 29.3. The first kappa shape index (κ1) is 29.3. The Hall–Kier alpha value is -3.21. The lowest BCUT2D eigenvalue weighted by Gasteiger charge is -2.39. The fourth-order valence-corrected chi connectivity index (χ4v) is 6.52. The highest BCUT2D eigenvalue weighted by Gasteiger charge is 2.40. The molecule has 0 bridgehead atoms. The smallest absolute Gasteiger partial charge is 0.407 e. The number of nitrogens with zero attached hydrogens (tertiary/aromatic N) is 3. The maximum absolute atomic E-state index is 15.2. The van der Waals surface area contributed by atoms with Gasteiger partial charge < -0.3 is 19.9 Å². The number of alkyl carbamates (subject to hydrolysis) is 1. The highest BCUT2D eigenvalue weighted by atomic mass is 19.1. The van der Waals surface area contributed by atoms with Gasteiger partial charge in [0.1, 0.15) is 17.5 Å². The Morgan fingerprint density at radius 1 is 1.02 bits per heavy atom. The van der Waals surface area contributed by atoms with Crippen molar-refractivity contribution in [3.8, 4) is 0 Å². The molecule has 4 aliphatic rings. The average molecular weight is 572 g/mol. The average Bonchev–Trinajstić information content (AvgIpc) is 3.22. The number of anilines is 1. The predicted molar refractivity (Wildman–Crippen MR) is 151 cm³/mol. The lowest BCUT2D eigenvalue weighted by atomic mass is 9.81. The number of benzene rings is 1. The SMILES string of the molecule is CC(C)(C)OC(=O)NCC1CCC(CN2CCN(c3cc4c(cc3F)C(=O)N(C3CCC(=O)NC3=O)C4)CC2)CC1. The van der Waals surface area contributed by atoms with Crippen LogP contribution in [0.1, 0.15) is 75.2 Å². The van der Waals surface area contributed by atoms with Crippen molar-refractivity contribution in [2.24, 2.45) is 11.8 Å². The number of hydrogen-bond donors (Lipinski definition) is 2. The summed E-state index contributed by atoms with van der Waals surface area (Å²) in [5.74, 6) is -0.473. The van der Waals surface area contributed by atoms with Crippen LogP contribution in [0.3, 0.4) is 0 Å². The van der Waals surface area contributed by atoms with E-state index in [4.69, 9.17) is 4.74 Å². The molecule has 224 valence electrons. The Morgan fingerprint density at radius 2 is 1.71 bits per heavy atom. The predicted octanol–water partition coefficient (Wildman–Crippen LogP) is 3.04. The molecule has 1 unspecified atom stereocenters. The zero-order valence-corrected chi connectivity index (χ0v) is 24.3. The minimum atomic E-state index is -0.709. The van der Waals surface area contributed by atoms with E-state index >= 15 is 4.39 Å². The number of nitrogens with one attached hydrogen (secondary N) is 2. The van der Waals surface area contributed by atoms with Crippen LogP contribution in [0.4, 0.5) is 14.9 Å². The van der Waals surface area contributed by atoms with Crippen molar-refractivity contribution in [3.63, 3.8) is 0 Å². The first-order chi connectivity index (χ1) is 19.5. The molecule has 2 saturated heterocycles. The Labute approximate surface area is 240 Å². The van der Waals surface area contributed by atoms with Crippen LogP contribution in [0, 0.1) is 17.7 Å². The van der Waals surface area contributed by atoms with Gasteiger partial charge in [-0.05, 0) is 82.4 Å². The third-order valence-corrected chi connectivity index (χ3v) is 8.72. The van der Waals surface area contributed by atoms with E-state index in [0.717, 1.165) is 50.9 Å². The van der Waals surface area contributed by atoms with Gasteiger partial charge in [0.15, 0.2) is 0 Å². The van der Waals surface area contributed by atoms with E-state index in [1.54, 1.807) is 6.07 Å². The van der Waals surface area contributed by atoms with E-state index in [0.29, 0.717) is 42.7 Å². The lowest BCUT2D eigenvalue weighted by molar-refractivity contribution is -0.136. The van der Waals surface area contributed by atoms with Gasteiger partial charge in [0, 0.05) is 57.8 Å². The molecule has 1 atom stereocenters. The fraction of sp³-hybridized carbons (Fsp3) is 0.667. The lowest BCUT2D eigenvalue weighted by Crippen LogP contribution is -2.52. The topological polar surface area (TPSA) is 111 Å². The standard InChI is InChI=1S/C30H42FN5O5/c1-30(2,3)41-29(40)32-16-19-4-6-20(7-5-19)17-34-10-12-35(13-11-34)25-14-21-18-36(28(39)22(21)15-23(25)31)24-8-9-26(37)33-27(24)38/h14-15,19-20,24H,4-13,16-18H2,1-3H3,(H,32,40)(H,33,37,38). The Kier molecular flexibility index (Phi) is 8.54. The van der Waals surface area contributed by atoms with Gasteiger partial charge in [0.2, 0.25) is 11.8 Å². The summed E-state index contributed by atoms with van der Waals surface area (Å²) in [5, 5.41) is 5.21. The number of hydrogen-bond acceptors (Lipinski definition) is 7. The zero-order valence-electron chi connectivity index (χ0n) is 24.3. The monoisotopic (exact) mass is 571 g/mol. The van der Waals surface area contributed by atoms with Crippen LogP contribution in [0.5, 0.6) is 0 Å². The summed E-state index contributed by atoms with van der Waals surface area (Å²) in [6, 6.07) is 2.36. The highest BCUT2D eigenvalue weighted by molar-refractivity contribution is 6.05. The molecule has 11 heteroatoms. The molecule has 0 aromatic heterocycles. The number of amides is 4. The maximum atomic E-state index is 15.2. The minimum Gasteiger partial charge on any atom is -0.444 e. The van der Waals surface area contributed by atoms with Crippen molar-refractivity contribution in [2.75, 3.05) is 44.2 Å². The molecule has 1 aromatic carbocycles. The molecular weight excluding hydrogens is 529 g/mol. The summed E-state index contributed by atoms with van der Waals surface area (Å²) in [6.45, 7) is 10.6. The van der Waals surface area contributed by atoms with E-state index in [9.17, 15) is 19.2 Å². The van der Waals surface area contributed by atoms with E-state index in [1.807, 2.05) is 25.7 Å². The number of halogens is 1. The minimum absolute atomic E-state index is 0.188. The van der Waals surface area contributed by atoms with Crippen LogP contribution in [0.2, 0.25) is 0 Å². The van der Waals surface area contributed by atoms with Crippen LogP contribution in [0.15, 0.2) is 12.1 Å². The summed E-state index contributed by atoms with van der Waals surface area (Å²) in [6.07, 6.45) is 4.58. The third-order valence-electron chi connectivity index (χ3n) is 8.72. The van der Waals surface area contributed by atoms with Gasteiger partial charge >= 0.3 is 6.09 Å². The molecule has 10 nitrogen and oxygen atoms in total. The summed E-state index contributed by atoms with van der Waals surface area (Å²) in [4.78, 5) is 54.7. The molecule has 0 radical (unpaired) electrons. The van der Waals surface area contributed by atoms with Crippen molar-refractivity contribution in [1.29, 1.82) is 0 Å². The number of piperazine rings is 1. The van der Waals surface area contributed by atoms with Gasteiger partial charge in [-0.2, -0.15) is 0 Å². The summed E-state index contributed by atoms with van der Waals surface area (Å²) < 4.78 is 20.6. The second kappa shape index (κ2) is 12.0. The van der Waals surface area contributed by atoms with Crippen LogP contribution in [0.25, 0.3) is 0 Å². The molecule has 5 rings (SSSR count). The van der Waals surface area contributed by atoms with Crippen molar-refractivity contribution >= 4 is 29.5 Å². The van der Waals surface area contributed by atoms with Crippen molar-refractivity contribution in [3.05, 3.63) is 29.1 Å².